The molecule has 1 saturated heterocycles. The molecule has 1 aliphatic heterocycles. The summed E-state index contributed by atoms with van der Waals surface area (Å²) in [5, 5.41) is 0. The Morgan fingerprint density at radius 1 is 0.900 bits per heavy atom. The van der Waals surface area contributed by atoms with Crippen molar-refractivity contribution in [3.63, 3.8) is 0 Å². The van der Waals surface area contributed by atoms with E-state index in [2.05, 4.69) is 0 Å². The fourth-order valence-electron chi connectivity index (χ4n) is 2.27. The third-order valence-electron chi connectivity index (χ3n) is 2.91. The molecule has 1 aliphatic carbocycles. The molecule has 2 aliphatic rings. The molecule has 2 unspecified atom stereocenters. The van der Waals surface area contributed by atoms with Crippen LogP contribution in [-0.4, -0.2) is 12.7 Å². The van der Waals surface area contributed by atoms with Crippen LogP contribution in [0.1, 0.15) is 38.5 Å². The van der Waals surface area contributed by atoms with E-state index < -0.39 is 0 Å². The van der Waals surface area contributed by atoms with Crippen molar-refractivity contribution >= 4 is 0 Å². The van der Waals surface area contributed by atoms with E-state index in [-0.39, 0.29) is 0 Å². The van der Waals surface area contributed by atoms with E-state index in [1.807, 2.05) is 0 Å². The minimum Gasteiger partial charge on any atom is -0.378 e. The Balaban J connectivity index is 1.95. The third-order valence-corrected chi connectivity index (χ3v) is 2.91. The van der Waals surface area contributed by atoms with E-state index in [9.17, 15) is 0 Å². The minimum absolute atomic E-state index is 0.655. The highest BCUT2D eigenvalue weighted by molar-refractivity contribution is 4.78. The summed E-state index contributed by atoms with van der Waals surface area (Å²) >= 11 is 0. The molecule has 1 heteroatoms. The van der Waals surface area contributed by atoms with Gasteiger partial charge in [-0.15, -0.1) is 0 Å². The van der Waals surface area contributed by atoms with Crippen LogP contribution in [0.4, 0.5) is 0 Å². The maximum absolute atomic E-state index is 5.64. The molecule has 2 fully saturated rings. The molecule has 0 bridgehead atoms. The van der Waals surface area contributed by atoms with E-state index in [1.54, 1.807) is 0 Å². The van der Waals surface area contributed by atoms with Gasteiger partial charge < -0.3 is 4.74 Å². The lowest BCUT2D eigenvalue weighted by atomic mass is 9.97. The zero-order chi connectivity index (χ0) is 6.81. The van der Waals surface area contributed by atoms with Crippen LogP contribution in [0.25, 0.3) is 0 Å². The van der Waals surface area contributed by atoms with Crippen molar-refractivity contribution in [2.75, 3.05) is 6.61 Å². The third kappa shape index (κ3) is 1.20. The highest BCUT2D eigenvalue weighted by Gasteiger charge is 2.28. The van der Waals surface area contributed by atoms with Crippen molar-refractivity contribution in [3.05, 3.63) is 0 Å². The summed E-state index contributed by atoms with van der Waals surface area (Å²) in [4.78, 5) is 0. The minimum atomic E-state index is 0.655. The van der Waals surface area contributed by atoms with Gasteiger partial charge in [0, 0.05) is 6.61 Å². The SMILES string of the molecule is C1CCC2CCOC2CC1. The van der Waals surface area contributed by atoms with Gasteiger partial charge in [-0.05, 0) is 25.2 Å². The molecule has 1 heterocycles. The monoisotopic (exact) mass is 140 g/mol. The van der Waals surface area contributed by atoms with Gasteiger partial charge in [0.25, 0.3) is 0 Å². The van der Waals surface area contributed by atoms with Gasteiger partial charge in [0.05, 0.1) is 6.10 Å². The van der Waals surface area contributed by atoms with Crippen molar-refractivity contribution in [2.45, 2.75) is 44.6 Å². The zero-order valence-electron chi connectivity index (χ0n) is 6.51. The fourth-order valence-corrected chi connectivity index (χ4v) is 2.27. The van der Waals surface area contributed by atoms with Crippen molar-refractivity contribution < 1.29 is 4.74 Å². The first-order chi connectivity index (χ1) is 4.97. The van der Waals surface area contributed by atoms with Gasteiger partial charge in [-0.3, -0.25) is 0 Å². The van der Waals surface area contributed by atoms with Gasteiger partial charge in [0.15, 0.2) is 0 Å². The van der Waals surface area contributed by atoms with E-state index in [0.717, 1.165) is 12.5 Å². The zero-order valence-corrected chi connectivity index (χ0v) is 6.51. The van der Waals surface area contributed by atoms with Crippen LogP contribution in [0.2, 0.25) is 0 Å². The Morgan fingerprint density at radius 3 is 2.80 bits per heavy atom. The predicted molar refractivity (Wildman–Crippen MR) is 40.9 cm³/mol. The van der Waals surface area contributed by atoms with Gasteiger partial charge in [-0.1, -0.05) is 19.3 Å². The van der Waals surface area contributed by atoms with E-state index in [1.165, 1.54) is 38.5 Å². The van der Waals surface area contributed by atoms with Gasteiger partial charge in [-0.25, -0.2) is 0 Å². The van der Waals surface area contributed by atoms with E-state index >= 15 is 0 Å². The first-order valence-electron chi connectivity index (χ1n) is 4.58. The lowest BCUT2D eigenvalue weighted by Gasteiger charge is -2.13. The molecule has 1 nitrogen and oxygen atoms in total. The molecule has 0 aromatic carbocycles. The molecular weight excluding hydrogens is 124 g/mol. The van der Waals surface area contributed by atoms with Crippen LogP contribution in [-0.2, 0) is 4.74 Å². The molecular formula is C9H16O. The summed E-state index contributed by atoms with van der Waals surface area (Å²) in [5.41, 5.74) is 0. The summed E-state index contributed by atoms with van der Waals surface area (Å²) in [6.45, 7) is 1.04. The average molecular weight is 140 g/mol. The molecule has 2 atom stereocenters. The largest absolute Gasteiger partial charge is 0.378 e. The number of hydrogen-bond acceptors (Lipinski definition) is 1. The Hall–Kier alpha value is -0.0400. The van der Waals surface area contributed by atoms with Gasteiger partial charge in [-0.2, -0.15) is 0 Å². The summed E-state index contributed by atoms with van der Waals surface area (Å²) in [7, 11) is 0. The molecule has 1 saturated carbocycles. The molecule has 0 spiro atoms. The molecule has 0 amide bonds. The Labute approximate surface area is 62.8 Å². The highest BCUT2D eigenvalue weighted by atomic mass is 16.5. The number of fused-ring (bicyclic) bond motifs is 1. The second kappa shape index (κ2) is 2.91. The molecule has 0 aromatic rings. The Morgan fingerprint density at radius 2 is 1.80 bits per heavy atom. The van der Waals surface area contributed by atoms with E-state index in [0.29, 0.717) is 6.10 Å². The topological polar surface area (TPSA) is 9.23 Å². The number of rotatable bonds is 0. The van der Waals surface area contributed by atoms with Crippen molar-refractivity contribution in [3.8, 4) is 0 Å². The number of ether oxygens (including phenoxy) is 1. The van der Waals surface area contributed by atoms with Crippen LogP contribution >= 0.6 is 0 Å². The lowest BCUT2D eigenvalue weighted by molar-refractivity contribution is 0.0851. The molecule has 2 rings (SSSR count). The first-order valence-corrected chi connectivity index (χ1v) is 4.58. The van der Waals surface area contributed by atoms with Crippen LogP contribution in [0.5, 0.6) is 0 Å². The second-order valence-electron chi connectivity index (χ2n) is 3.60. The molecule has 0 radical (unpaired) electrons. The smallest absolute Gasteiger partial charge is 0.0604 e. The summed E-state index contributed by atoms with van der Waals surface area (Å²) in [6, 6.07) is 0. The van der Waals surface area contributed by atoms with Crippen LogP contribution in [0, 0.1) is 5.92 Å². The summed E-state index contributed by atoms with van der Waals surface area (Å²) in [5.74, 6) is 0.933. The van der Waals surface area contributed by atoms with Crippen LogP contribution in [0.15, 0.2) is 0 Å². The molecule has 0 N–H and O–H groups in total. The highest BCUT2D eigenvalue weighted by Crippen LogP contribution is 2.32. The summed E-state index contributed by atoms with van der Waals surface area (Å²) in [6.07, 6.45) is 9.06. The van der Waals surface area contributed by atoms with E-state index in [4.69, 9.17) is 4.74 Å². The standard InChI is InChI=1S/C9H16O/c1-2-4-8-6-7-10-9(8)5-3-1/h8-9H,1-7H2. The van der Waals surface area contributed by atoms with Gasteiger partial charge in [0.1, 0.15) is 0 Å². The molecule has 58 valence electrons. The second-order valence-corrected chi connectivity index (χ2v) is 3.60. The van der Waals surface area contributed by atoms with Crippen molar-refractivity contribution in [1.29, 1.82) is 0 Å². The maximum atomic E-state index is 5.64. The lowest BCUT2D eigenvalue weighted by Crippen LogP contribution is -2.13. The first kappa shape index (κ1) is 6.66. The Bertz CT molecular complexity index is 99.3. The average Bonchev–Trinajstić information content (AvgIpc) is 2.28. The predicted octanol–water partition coefficient (Wildman–Crippen LogP) is 2.36. The number of hydrogen-bond donors (Lipinski definition) is 0. The van der Waals surface area contributed by atoms with Crippen LogP contribution in [0.3, 0.4) is 0 Å². The summed E-state index contributed by atoms with van der Waals surface area (Å²) < 4.78 is 5.64. The fraction of sp³-hybridized carbons (Fsp3) is 1.00. The Kier molecular flexibility index (Phi) is 1.94. The van der Waals surface area contributed by atoms with Crippen molar-refractivity contribution in [1.82, 2.24) is 0 Å². The molecule has 0 aromatic heterocycles. The molecule has 10 heavy (non-hydrogen) atoms. The van der Waals surface area contributed by atoms with Crippen LogP contribution < -0.4 is 0 Å². The normalized spacial score (nSPS) is 40.8. The van der Waals surface area contributed by atoms with Crippen molar-refractivity contribution in [2.24, 2.45) is 5.92 Å². The quantitative estimate of drug-likeness (QED) is 0.502. The van der Waals surface area contributed by atoms with Gasteiger partial charge >= 0.3 is 0 Å². The van der Waals surface area contributed by atoms with Gasteiger partial charge in [0.2, 0.25) is 0 Å². The maximum Gasteiger partial charge on any atom is 0.0604 e.